The minimum Gasteiger partial charge on any atom is -0.464 e. The van der Waals surface area contributed by atoms with E-state index in [-0.39, 0.29) is 6.08 Å². The number of nitrogens with one attached hydrogen (secondary N) is 1. The Morgan fingerprint density at radius 2 is 1.82 bits per heavy atom. The number of alkyl carbamates (subject to hydrolysis) is 1. The third kappa shape index (κ3) is 7.26. The number of halogens is 2. The van der Waals surface area contributed by atoms with Crippen LogP contribution in [0.15, 0.2) is 11.8 Å². The molecule has 0 saturated carbocycles. The van der Waals surface area contributed by atoms with Crippen LogP contribution in [0.4, 0.5) is 13.6 Å². The van der Waals surface area contributed by atoms with Gasteiger partial charge in [0.1, 0.15) is 11.3 Å². The molecule has 0 atom stereocenters. The van der Waals surface area contributed by atoms with Crippen molar-refractivity contribution in [2.24, 2.45) is 0 Å². The molecule has 17 heavy (non-hydrogen) atoms. The number of carbonyl (C=O) groups is 2. The molecule has 0 saturated heterocycles. The summed E-state index contributed by atoms with van der Waals surface area (Å²) in [6.07, 6.45) is -3.62. The maximum absolute atomic E-state index is 12.1. The molecule has 0 radical (unpaired) electrons. The number of amides is 1. The predicted molar refractivity (Wildman–Crippen MR) is 55.5 cm³/mol. The van der Waals surface area contributed by atoms with Crippen molar-refractivity contribution in [3.63, 3.8) is 0 Å². The molecule has 98 valence electrons. The average molecular weight is 251 g/mol. The van der Waals surface area contributed by atoms with Gasteiger partial charge in [-0.2, -0.15) is 0 Å². The Kier molecular flexibility index (Phi) is 5.57. The first-order valence-corrected chi connectivity index (χ1v) is 4.74. The second-order valence-electron chi connectivity index (χ2n) is 4.03. The van der Waals surface area contributed by atoms with Crippen molar-refractivity contribution in [1.29, 1.82) is 0 Å². The van der Waals surface area contributed by atoms with Gasteiger partial charge < -0.3 is 9.47 Å². The maximum atomic E-state index is 12.1. The molecule has 0 heterocycles. The summed E-state index contributed by atoms with van der Waals surface area (Å²) in [5, 5.41) is 1.90. The van der Waals surface area contributed by atoms with Crippen LogP contribution < -0.4 is 5.32 Å². The fraction of sp³-hybridized carbons (Fsp3) is 0.600. The van der Waals surface area contributed by atoms with Gasteiger partial charge in [0.05, 0.1) is 7.11 Å². The number of rotatable bonds is 3. The summed E-state index contributed by atoms with van der Waals surface area (Å²) in [5.41, 5.74) is -1.45. The zero-order chi connectivity index (χ0) is 13.6. The lowest BCUT2D eigenvalue weighted by atomic mass is 10.2. The Bertz CT molecular complexity index is 321. The fourth-order valence-corrected chi connectivity index (χ4v) is 0.810. The number of hydrogen-bond acceptors (Lipinski definition) is 4. The fourth-order valence-electron chi connectivity index (χ4n) is 0.810. The van der Waals surface area contributed by atoms with Crippen molar-refractivity contribution in [3.05, 3.63) is 11.8 Å². The van der Waals surface area contributed by atoms with Crippen molar-refractivity contribution in [2.45, 2.75) is 32.8 Å². The van der Waals surface area contributed by atoms with Crippen molar-refractivity contribution in [1.82, 2.24) is 5.32 Å². The summed E-state index contributed by atoms with van der Waals surface area (Å²) in [6, 6.07) is 0. The van der Waals surface area contributed by atoms with Gasteiger partial charge in [-0.3, -0.25) is 5.32 Å². The van der Waals surface area contributed by atoms with Crippen LogP contribution in [-0.4, -0.2) is 31.2 Å². The van der Waals surface area contributed by atoms with E-state index in [1.165, 1.54) is 0 Å². The zero-order valence-electron chi connectivity index (χ0n) is 10.0. The number of carbonyl (C=O) groups excluding carboxylic acids is 2. The van der Waals surface area contributed by atoms with E-state index in [2.05, 4.69) is 4.74 Å². The highest BCUT2D eigenvalue weighted by molar-refractivity contribution is 5.92. The van der Waals surface area contributed by atoms with E-state index in [0.29, 0.717) is 0 Å². The summed E-state index contributed by atoms with van der Waals surface area (Å²) in [4.78, 5) is 22.3. The topological polar surface area (TPSA) is 64.6 Å². The lowest BCUT2D eigenvalue weighted by molar-refractivity contribution is -0.136. The molecule has 0 bridgehead atoms. The Hall–Kier alpha value is -1.66. The second-order valence-corrected chi connectivity index (χ2v) is 4.03. The maximum Gasteiger partial charge on any atom is 0.412 e. The minimum absolute atomic E-state index is 0.274. The van der Waals surface area contributed by atoms with Crippen LogP contribution in [0.2, 0.25) is 0 Å². The molecule has 1 N–H and O–H groups in total. The average Bonchev–Trinajstić information content (AvgIpc) is 2.11. The van der Waals surface area contributed by atoms with Gasteiger partial charge in [0.25, 0.3) is 6.43 Å². The number of esters is 1. The standard InChI is InChI=1S/C10H15F2NO4/c1-10(2,3)17-9(15)13-6(5-7(11)12)8(14)16-4/h5,7H,1-4H3,(H,13,15)/b6-5-. The molecule has 0 fully saturated rings. The van der Waals surface area contributed by atoms with Crippen LogP contribution in [0.1, 0.15) is 20.8 Å². The van der Waals surface area contributed by atoms with Crippen LogP contribution in [-0.2, 0) is 14.3 Å². The summed E-state index contributed by atoms with van der Waals surface area (Å²) < 4.78 is 33.2. The summed E-state index contributed by atoms with van der Waals surface area (Å²) in [5.74, 6) is -1.07. The number of ether oxygens (including phenoxy) is 2. The molecule has 0 unspecified atom stereocenters. The van der Waals surface area contributed by atoms with Gasteiger partial charge in [-0.1, -0.05) is 0 Å². The van der Waals surface area contributed by atoms with Crippen LogP contribution in [0, 0.1) is 0 Å². The number of allylic oxidation sites excluding steroid dienone is 1. The number of alkyl halides is 2. The third-order valence-corrected chi connectivity index (χ3v) is 1.33. The van der Waals surface area contributed by atoms with Crippen LogP contribution >= 0.6 is 0 Å². The van der Waals surface area contributed by atoms with E-state index in [4.69, 9.17) is 4.74 Å². The first kappa shape index (κ1) is 15.3. The quantitative estimate of drug-likeness (QED) is 0.614. The van der Waals surface area contributed by atoms with Crippen molar-refractivity contribution in [3.8, 4) is 0 Å². The predicted octanol–water partition coefficient (Wildman–Crippen LogP) is 1.83. The highest BCUT2D eigenvalue weighted by Crippen LogP contribution is 2.08. The van der Waals surface area contributed by atoms with Crippen LogP contribution in [0.25, 0.3) is 0 Å². The monoisotopic (exact) mass is 251 g/mol. The lowest BCUT2D eigenvalue weighted by Gasteiger charge is -2.20. The molecule has 7 heteroatoms. The van der Waals surface area contributed by atoms with Gasteiger partial charge in [-0.25, -0.2) is 18.4 Å². The van der Waals surface area contributed by atoms with Gasteiger partial charge in [0.15, 0.2) is 0 Å². The molecular formula is C10H15F2NO4. The van der Waals surface area contributed by atoms with E-state index in [0.717, 1.165) is 7.11 Å². The lowest BCUT2D eigenvalue weighted by Crippen LogP contribution is -2.34. The highest BCUT2D eigenvalue weighted by Gasteiger charge is 2.20. The number of hydrogen-bond donors (Lipinski definition) is 1. The summed E-state index contributed by atoms with van der Waals surface area (Å²) in [6.45, 7) is 4.80. The van der Waals surface area contributed by atoms with Crippen molar-refractivity contribution < 1.29 is 27.8 Å². The van der Waals surface area contributed by atoms with E-state index in [9.17, 15) is 18.4 Å². The molecule has 0 aromatic carbocycles. The molecule has 0 spiro atoms. The van der Waals surface area contributed by atoms with Gasteiger partial charge in [-0.05, 0) is 20.8 Å². The molecular weight excluding hydrogens is 236 g/mol. The molecule has 0 aromatic rings. The van der Waals surface area contributed by atoms with E-state index < -0.39 is 29.8 Å². The normalized spacial score (nSPS) is 12.3. The molecule has 0 rings (SSSR count). The molecule has 5 nitrogen and oxygen atoms in total. The number of methoxy groups -OCH3 is 1. The second kappa shape index (κ2) is 6.17. The van der Waals surface area contributed by atoms with Crippen molar-refractivity contribution >= 4 is 12.1 Å². The van der Waals surface area contributed by atoms with E-state index >= 15 is 0 Å². The third-order valence-electron chi connectivity index (χ3n) is 1.33. The molecule has 0 aliphatic rings. The smallest absolute Gasteiger partial charge is 0.412 e. The highest BCUT2D eigenvalue weighted by atomic mass is 19.3. The molecule has 0 aliphatic carbocycles. The SMILES string of the molecule is COC(=O)/C(=C/C(F)F)NC(=O)OC(C)(C)C. The minimum atomic E-state index is -2.89. The van der Waals surface area contributed by atoms with E-state index in [1.807, 2.05) is 5.32 Å². The zero-order valence-corrected chi connectivity index (χ0v) is 10.0. The van der Waals surface area contributed by atoms with Gasteiger partial charge in [0, 0.05) is 6.08 Å². The van der Waals surface area contributed by atoms with Crippen LogP contribution in [0.3, 0.4) is 0 Å². The van der Waals surface area contributed by atoms with E-state index in [1.54, 1.807) is 20.8 Å². The molecule has 0 aromatic heterocycles. The summed E-state index contributed by atoms with van der Waals surface area (Å²) >= 11 is 0. The largest absolute Gasteiger partial charge is 0.464 e. The molecule has 1 amide bonds. The van der Waals surface area contributed by atoms with Gasteiger partial charge >= 0.3 is 12.1 Å². The Balaban J connectivity index is 4.67. The van der Waals surface area contributed by atoms with Gasteiger partial charge in [0.2, 0.25) is 0 Å². The van der Waals surface area contributed by atoms with Crippen molar-refractivity contribution in [2.75, 3.05) is 7.11 Å². The molecule has 0 aliphatic heterocycles. The van der Waals surface area contributed by atoms with Crippen LogP contribution in [0.5, 0.6) is 0 Å². The Morgan fingerprint density at radius 3 is 2.18 bits per heavy atom. The Labute approximate surface area is 97.8 Å². The first-order chi connectivity index (χ1) is 7.65. The Morgan fingerprint density at radius 1 is 1.29 bits per heavy atom. The summed E-state index contributed by atoms with van der Waals surface area (Å²) in [7, 11) is 1.01. The first-order valence-electron chi connectivity index (χ1n) is 4.74. The van der Waals surface area contributed by atoms with Gasteiger partial charge in [-0.15, -0.1) is 0 Å².